The Morgan fingerprint density at radius 3 is 3.23 bits per heavy atom. The zero-order chi connectivity index (χ0) is 9.10. The molecule has 0 saturated carbocycles. The van der Waals surface area contributed by atoms with E-state index >= 15 is 0 Å². The average molecular weight is 197 g/mol. The van der Waals surface area contributed by atoms with Crippen LogP contribution in [0.15, 0.2) is 9.90 Å². The van der Waals surface area contributed by atoms with Crippen LogP contribution in [0.25, 0.3) is 11.6 Å². The fourth-order valence-electron chi connectivity index (χ4n) is 0.846. The van der Waals surface area contributed by atoms with Gasteiger partial charge in [0, 0.05) is 5.38 Å². The summed E-state index contributed by atoms with van der Waals surface area (Å²) in [4.78, 5) is 4.11. The molecule has 0 aliphatic rings. The first-order valence-electron chi connectivity index (χ1n) is 3.65. The molecule has 1 N–H and O–H groups in total. The van der Waals surface area contributed by atoms with Crippen LogP contribution in [0.1, 0.15) is 5.82 Å². The number of nitrogens with one attached hydrogen (secondary N) is 1. The van der Waals surface area contributed by atoms with Gasteiger partial charge in [-0.1, -0.05) is 9.64 Å². The Balaban J connectivity index is 2.23. The third kappa shape index (κ3) is 1.70. The first-order valence-corrected chi connectivity index (χ1v) is 4.48. The van der Waals surface area contributed by atoms with Gasteiger partial charge in [-0.3, -0.25) is 0 Å². The molecule has 0 bridgehead atoms. The molecule has 0 aliphatic heterocycles. The summed E-state index contributed by atoms with van der Waals surface area (Å²) in [7, 11) is 1.82. The van der Waals surface area contributed by atoms with E-state index in [4.69, 9.17) is 4.52 Å². The summed E-state index contributed by atoms with van der Waals surface area (Å²) in [5, 5.41) is 12.2. The molecule has 0 aliphatic carbocycles. The minimum atomic E-state index is 0.416. The molecule has 2 aromatic rings. The van der Waals surface area contributed by atoms with E-state index in [0.717, 1.165) is 0 Å². The number of aromatic nitrogens is 4. The van der Waals surface area contributed by atoms with Gasteiger partial charge < -0.3 is 9.84 Å². The van der Waals surface area contributed by atoms with Gasteiger partial charge in [-0.15, -0.1) is 5.10 Å². The van der Waals surface area contributed by atoms with E-state index in [1.54, 1.807) is 5.38 Å². The molecule has 6 nitrogen and oxygen atoms in total. The molecule has 0 amide bonds. The lowest BCUT2D eigenvalue weighted by molar-refractivity contribution is 0.419. The molecule has 2 rings (SSSR count). The standard InChI is InChI=1S/C6H7N5OS/c1-7-2-5-8-6(12-10-5)4-3-13-11-9-4/h3,7H,2H2,1H3. The predicted octanol–water partition coefficient (Wildman–Crippen LogP) is 0.307. The molecule has 0 radical (unpaired) electrons. The van der Waals surface area contributed by atoms with Crippen molar-refractivity contribution in [3.8, 4) is 11.6 Å². The predicted molar refractivity (Wildman–Crippen MR) is 46.0 cm³/mol. The highest BCUT2D eigenvalue weighted by Gasteiger charge is 2.09. The van der Waals surface area contributed by atoms with Gasteiger partial charge in [0.1, 0.15) is 0 Å². The van der Waals surface area contributed by atoms with E-state index in [0.29, 0.717) is 24.0 Å². The maximum atomic E-state index is 4.96. The summed E-state index contributed by atoms with van der Waals surface area (Å²) in [5.74, 6) is 1.03. The van der Waals surface area contributed by atoms with Crippen molar-refractivity contribution in [2.45, 2.75) is 6.54 Å². The van der Waals surface area contributed by atoms with Gasteiger partial charge in [0.25, 0.3) is 5.89 Å². The molecular weight excluding hydrogens is 190 g/mol. The van der Waals surface area contributed by atoms with E-state index in [-0.39, 0.29) is 0 Å². The minimum absolute atomic E-state index is 0.416. The van der Waals surface area contributed by atoms with Crippen molar-refractivity contribution in [3.05, 3.63) is 11.2 Å². The molecule has 0 saturated heterocycles. The van der Waals surface area contributed by atoms with Crippen molar-refractivity contribution in [2.24, 2.45) is 0 Å². The van der Waals surface area contributed by atoms with Gasteiger partial charge in [0.05, 0.1) is 6.54 Å². The van der Waals surface area contributed by atoms with Crippen LogP contribution in [0.5, 0.6) is 0 Å². The first kappa shape index (κ1) is 8.27. The van der Waals surface area contributed by atoms with Crippen molar-refractivity contribution in [2.75, 3.05) is 7.05 Å². The van der Waals surface area contributed by atoms with E-state index in [9.17, 15) is 0 Å². The topological polar surface area (TPSA) is 76.7 Å². The Bertz CT molecular complexity index is 370. The quantitative estimate of drug-likeness (QED) is 0.763. The second-order valence-electron chi connectivity index (χ2n) is 2.34. The van der Waals surface area contributed by atoms with Crippen LogP contribution in [0.2, 0.25) is 0 Å². The summed E-state index contributed by atoms with van der Waals surface area (Å²) in [6.07, 6.45) is 0. The summed E-state index contributed by atoms with van der Waals surface area (Å²) in [6, 6.07) is 0. The average Bonchev–Trinajstić information content (AvgIpc) is 2.70. The van der Waals surface area contributed by atoms with Crippen LogP contribution in [0.3, 0.4) is 0 Å². The number of rotatable bonds is 3. The lowest BCUT2D eigenvalue weighted by Crippen LogP contribution is -2.06. The number of hydrogen-bond acceptors (Lipinski definition) is 7. The van der Waals surface area contributed by atoms with Gasteiger partial charge in [-0.05, 0) is 18.6 Å². The molecule has 0 fully saturated rings. The third-order valence-corrected chi connectivity index (χ3v) is 1.89. The van der Waals surface area contributed by atoms with Crippen LogP contribution in [0, 0.1) is 0 Å². The first-order chi connectivity index (χ1) is 6.40. The largest absolute Gasteiger partial charge is 0.332 e. The molecule has 2 aromatic heterocycles. The normalized spacial score (nSPS) is 10.5. The Kier molecular flexibility index (Phi) is 2.28. The Morgan fingerprint density at radius 1 is 1.62 bits per heavy atom. The highest BCUT2D eigenvalue weighted by Crippen LogP contribution is 2.14. The third-order valence-electron chi connectivity index (χ3n) is 1.38. The molecule has 0 spiro atoms. The van der Waals surface area contributed by atoms with E-state index in [1.807, 2.05) is 7.05 Å². The van der Waals surface area contributed by atoms with Gasteiger partial charge in [-0.2, -0.15) is 4.98 Å². The van der Waals surface area contributed by atoms with Crippen molar-refractivity contribution < 1.29 is 4.52 Å². The van der Waals surface area contributed by atoms with Crippen molar-refractivity contribution >= 4 is 11.5 Å². The molecule has 0 aromatic carbocycles. The minimum Gasteiger partial charge on any atom is -0.332 e. The zero-order valence-corrected chi connectivity index (χ0v) is 7.71. The van der Waals surface area contributed by atoms with Gasteiger partial charge >= 0.3 is 0 Å². The number of hydrogen-bond donors (Lipinski definition) is 1. The molecule has 7 heteroatoms. The second kappa shape index (κ2) is 3.58. The molecule has 13 heavy (non-hydrogen) atoms. The summed E-state index contributed by atoms with van der Waals surface area (Å²) in [5.41, 5.74) is 0.625. The Morgan fingerprint density at radius 2 is 2.54 bits per heavy atom. The Labute approximate surface area is 78.1 Å². The summed E-state index contributed by atoms with van der Waals surface area (Å²) >= 11 is 1.25. The van der Waals surface area contributed by atoms with Gasteiger partial charge in [0.2, 0.25) is 0 Å². The van der Waals surface area contributed by atoms with E-state index in [2.05, 4.69) is 25.0 Å². The van der Waals surface area contributed by atoms with Crippen LogP contribution in [0.4, 0.5) is 0 Å². The fraction of sp³-hybridized carbons (Fsp3) is 0.333. The van der Waals surface area contributed by atoms with Crippen LogP contribution in [-0.4, -0.2) is 26.8 Å². The maximum Gasteiger partial charge on any atom is 0.279 e. The fourth-order valence-corrected chi connectivity index (χ4v) is 1.28. The van der Waals surface area contributed by atoms with E-state index < -0.39 is 0 Å². The number of nitrogens with zero attached hydrogens (tertiary/aromatic N) is 4. The summed E-state index contributed by atoms with van der Waals surface area (Å²) in [6.45, 7) is 0.584. The Hall–Kier alpha value is -1.34. The molecule has 2 heterocycles. The van der Waals surface area contributed by atoms with Crippen molar-refractivity contribution in [1.29, 1.82) is 0 Å². The molecule has 68 valence electrons. The van der Waals surface area contributed by atoms with Crippen molar-refractivity contribution in [3.63, 3.8) is 0 Å². The summed E-state index contributed by atoms with van der Waals surface area (Å²) < 4.78 is 8.67. The maximum absolute atomic E-state index is 4.96. The molecule has 0 unspecified atom stereocenters. The van der Waals surface area contributed by atoms with Crippen LogP contribution < -0.4 is 5.32 Å². The smallest absolute Gasteiger partial charge is 0.279 e. The molecule has 0 atom stereocenters. The van der Waals surface area contributed by atoms with E-state index in [1.165, 1.54) is 11.5 Å². The lowest BCUT2D eigenvalue weighted by Gasteiger charge is -1.86. The SMILES string of the molecule is CNCc1noc(-c2csnn2)n1. The van der Waals surface area contributed by atoms with Gasteiger partial charge in [-0.25, -0.2) is 0 Å². The second-order valence-corrected chi connectivity index (χ2v) is 2.95. The lowest BCUT2D eigenvalue weighted by atomic mass is 10.5. The highest BCUT2D eigenvalue weighted by atomic mass is 32.1. The van der Waals surface area contributed by atoms with Crippen LogP contribution >= 0.6 is 11.5 Å². The highest BCUT2D eigenvalue weighted by molar-refractivity contribution is 7.03. The van der Waals surface area contributed by atoms with Crippen LogP contribution in [-0.2, 0) is 6.54 Å². The monoisotopic (exact) mass is 197 g/mol. The molecular formula is C6H7N5OS. The van der Waals surface area contributed by atoms with Crippen molar-refractivity contribution in [1.82, 2.24) is 25.0 Å². The van der Waals surface area contributed by atoms with Gasteiger partial charge in [0.15, 0.2) is 11.5 Å². The zero-order valence-electron chi connectivity index (χ0n) is 6.89.